The maximum atomic E-state index is 6.14. The number of likely N-dealkylation sites (N-methyl/N-ethyl adjacent to an activating group) is 1. The van der Waals surface area contributed by atoms with Gasteiger partial charge in [-0.25, -0.2) is 0 Å². The fourth-order valence-corrected chi connectivity index (χ4v) is 4.10. The Morgan fingerprint density at radius 3 is 2.41 bits per heavy atom. The maximum Gasteiger partial charge on any atom is 0.0756 e. The van der Waals surface area contributed by atoms with Crippen LogP contribution in [0.1, 0.15) is 72.1 Å². The molecule has 128 valence electrons. The van der Waals surface area contributed by atoms with Gasteiger partial charge in [0.1, 0.15) is 0 Å². The highest BCUT2D eigenvalue weighted by Gasteiger charge is 2.22. The predicted molar refractivity (Wildman–Crippen MR) is 95.2 cm³/mol. The first-order valence-corrected chi connectivity index (χ1v) is 9.78. The van der Waals surface area contributed by atoms with Crippen molar-refractivity contribution < 1.29 is 4.74 Å². The summed E-state index contributed by atoms with van der Waals surface area (Å²) in [5.74, 6) is 1.60. The molecule has 22 heavy (non-hydrogen) atoms. The van der Waals surface area contributed by atoms with E-state index in [0.717, 1.165) is 31.0 Å². The molecule has 0 heterocycles. The van der Waals surface area contributed by atoms with E-state index in [2.05, 4.69) is 37.8 Å². The largest absolute Gasteiger partial charge is 0.373 e. The fourth-order valence-electron chi connectivity index (χ4n) is 4.10. The van der Waals surface area contributed by atoms with Crippen molar-refractivity contribution in [1.82, 2.24) is 4.90 Å². The second-order valence-electron chi connectivity index (χ2n) is 7.34. The van der Waals surface area contributed by atoms with Crippen LogP contribution in [0, 0.1) is 11.8 Å². The number of rotatable bonds is 8. The zero-order valence-corrected chi connectivity index (χ0v) is 15.1. The quantitative estimate of drug-likeness (QED) is 0.583. The average molecular weight is 308 g/mol. The van der Waals surface area contributed by atoms with Gasteiger partial charge in [0.25, 0.3) is 0 Å². The summed E-state index contributed by atoms with van der Waals surface area (Å²) in [7, 11) is 0. The molecule has 2 heteroatoms. The van der Waals surface area contributed by atoms with E-state index in [-0.39, 0.29) is 0 Å². The van der Waals surface area contributed by atoms with Gasteiger partial charge in [-0.05, 0) is 44.1 Å². The van der Waals surface area contributed by atoms with Crippen molar-refractivity contribution in [3.63, 3.8) is 0 Å². The van der Waals surface area contributed by atoms with Gasteiger partial charge in [0.15, 0.2) is 0 Å². The van der Waals surface area contributed by atoms with Crippen molar-refractivity contribution in [2.24, 2.45) is 11.8 Å². The van der Waals surface area contributed by atoms with Crippen molar-refractivity contribution >= 4 is 0 Å². The lowest BCUT2D eigenvalue weighted by Gasteiger charge is -2.34. The molecule has 0 aromatic heterocycles. The number of ether oxygens (including phenoxy) is 1. The molecule has 0 bridgehead atoms. The first-order valence-electron chi connectivity index (χ1n) is 9.78. The van der Waals surface area contributed by atoms with Gasteiger partial charge in [-0.1, -0.05) is 58.6 Å². The van der Waals surface area contributed by atoms with E-state index < -0.39 is 0 Å². The van der Waals surface area contributed by atoms with Crippen molar-refractivity contribution in [2.75, 3.05) is 19.7 Å². The van der Waals surface area contributed by atoms with Gasteiger partial charge in [-0.15, -0.1) is 0 Å². The smallest absolute Gasteiger partial charge is 0.0756 e. The minimum atomic E-state index is 0.366. The van der Waals surface area contributed by atoms with Crippen molar-refractivity contribution in [3.05, 3.63) is 12.2 Å². The molecule has 0 aromatic carbocycles. The Hall–Kier alpha value is -0.340. The van der Waals surface area contributed by atoms with Crippen LogP contribution in [0.3, 0.4) is 0 Å². The van der Waals surface area contributed by atoms with Gasteiger partial charge in [0.2, 0.25) is 0 Å². The Morgan fingerprint density at radius 2 is 1.82 bits per heavy atom. The van der Waals surface area contributed by atoms with Gasteiger partial charge < -0.3 is 4.74 Å². The third-order valence-corrected chi connectivity index (χ3v) is 5.94. The molecule has 0 spiro atoms. The number of allylic oxidation sites excluding steroid dienone is 1. The average Bonchev–Trinajstić information content (AvgIpc) is 2.59. The molecule has 3 unspecified atom stereocenters. The molecule has 2 aliphatic carbocycles. The minimum Gasteiger partial charge on any atom is -0.373 e. The van der Waals surface area contributed by atoms with Crippen LogP contribution >= 0.6 is 0 Å². The normalized spacial score (nSPS) is 28.2. The minimum absolute atomic E-state index is 0.366. The molecular weight excluding hydrogens is 270 g/mol. The molecule has 2 rings (SSSR count). The maximum absolute atomic E-state index is 6.14. The highest BCUT2D eigenvalue weighted by Crippen LogP contribution is 2.28. The van der Waals surface area contributed by atoms with Crippen LogP contribution < -0.4 is 0 Å². The molecule has 2 aliphatic rings. The Morgan fingerprint density at radius 1 is 1.05 bits per heavy atom. The summed E-state index contributed by atoms with van der Waals surface area (Å²) < 4.78 is 6.14. The van der Waals surface area contributed by atoms with E-state index in [0.29, 0.717) is 6.10 Å². The van der Waals surface area contributed by atoms with E-state index in [1.54, 1.807) is 0 Å². The summed E-state index contributed by atoms with van der Waals surface area (Å²) in [5.41, 5.74) is 0. The van der Waals surface area contributed by atoms with Gasteiger partial charge in [0, 0.05) is 12.6 Å². The molecule has 2 nitrogen and oxygen atoms in total. The lowest BCUT2D eigenvalue weighted by molar-refractivity contribution is 0.0391. The van der Waals surface area contributed by atoms with Crippen LogP contribution in [0.25, 0.3) is 0 Å². The molecule has 0 radical (unpaired) electrons. The SMILES string of the molecule is CCC(C)C1C=CC(OCCN(CC)C2CCCCC2)CC1. The predicted octanol–water partition coefficient (Wildman–Crippen LogP) is 5.04. The van der Waals surface area contributed by atoms with Crippen LogP contribution in [0.15, 0.2) is 12.2 Å². The summed E-state index contributed by atoms with van der Waals surface area (Å²) in [4.78, 5) is 2.65. The van der Waals surface area contributed by atoms with Crippen molar-refractivity contribution in [1.29, 1.82) is 0 Å². The molecule has 1 saturated carbocycles. The first-order chi connectivity index (χ1) is 10.7. The van der Waals surface area contributed by atoms with E-state index in [1.165, 1.54) is 57.9 Å². The fraction of sp³-hybridized carbons (Fsp3) is 0.900. The lowest BCUT2D eigenvalue weighted by atomic mass is 9.83. The molecular formula is C20H37NO. The second-order valence-corrected chi connectivity index (χ2v) is 7.34. The summed E-state index contributed by atoms with van der Waals surface area (Å²) in [6, 6.07) is 0.819. The Labute approximate surface area is 138 Å². The van der Waals surface area contributed by atoms with Crippen LogP contribution in [0.5, 0.6) is 0 Å². The lowest BCUT2D eigenvalue weighted by Crippen LogP contribution is -2.39. The number of nitrogens with zero attached hydrogens (tertiary/aromatic N) is 1. The summed E-state index contributed by atoms with van der Waals surface area (Å²) in [6.07, 6.45) is 16.0. The highest BCUT2D eigenvalue weighted by atomic mass is 16.5. The van der Waals surface area contributed by atoms with Gasteiger partial charge in [0.05, 0.1) is 12.7 Å². The molecule has 0 saturated heterocycles. The van der Waals surface area contributed by atoms with Crippen LogP contribution in [0.4, 0.5) is 0 Å². The van der Waals surface area contributed by atoms with Crippen LogP contribution in [-0.4, -0.2) is 36.7 Å². The third kappa shape index (κ3) is 5.38. The van der Waals surface area contributed by atoms with E-state index >= 15 is 0 Å². The summed E-state index contributed by atoms with van der Waals surface area (Å²) in [5, 5.41) is 0. The Bertz CT molecular complexity index is 322. The van der Waals surface area contributed by atoms with Crippen LogP contribution in [0.2, 0.25) is 0 Å². The second kappa shape index (κ2) is 9.72. The zero-order chi connectivity index (χ0) is 15.8. The Balaban J connectivity index is 1.67. The summed E-state index contributed by atoms with van der Waals surface area (Å²) in [6.45, 7) is 10.1. The van der Waals surface area contributed by atoms with E-state index in [9.17, 15) is 0 Å². The standard InChI is InChI=1S/C20H37NO/c1-4-17(3)18-11-13-20(14-12-18)22-16-15-21(5-2)19-9-7-6-8-10-19/h11,13,17-20H,4-10,12,14-16H2,1-3H3. The molecule has 0 aliphatic heterocycles. The first kappa shape index (κ1) is 18.0. The number of hydrogen-bond acceptors (Lipinski definition) is 2. The molecule has 1 fully saturated rings. The molecule has 0 N–H and O–H groups in total. The monoisotopic (exact) mass is 307 g/mol. The van der Waals surface area contributed by atoms with Crippen molar-refractivity contribution in [3.8, 4) is 0 Å². The van der Waals surface area contributed by atoms with E-state index in [1.807, 2.05) is 0 Å². The summed E-state index contributed by atoms with van der Waals surface area (Å²) >= 11 is 0. The van der Waals surface area contributed by atoms with Gasteiger partial charge >= 0.3 is 0 Å². The zero-order valence-electron chi connectivity index (χ0n) is 15.1. The van der Waals surface area contributed by atoms with Gasteiger partial charge in [-0.3, -0.25) is 4.90 Å². The highest BCUT2D eigenvalue weighted by molar-refractivity contribution is 5.00. The third-order valence-electron chi connectivity index (χ3n) is 5.94. The molecule has 0 amide bonds. The van der Waals surface area contributed by atoms with E-state index in [4.69, 9.17) is 4.74 Å². The number of hydrogen-bond donors (Lipinski definition) is 0. The molecule has 3 atom stereocenters. The van der Waals surface area contributed by atoms with Crippen LogP contribution in [-0.2, 0) is 4.74 Å². The van der Waals surface area contributed by atoms with Gasteiger partial charge in [-0.2, -0.15) is 0 Å². The molecule has 0 aromatic rings. The van der Waals surface area contributed by atoms with Crippen molar-refractivity contribution in [2.45, 2.75) is 84.3 Å². The topological polar surface area (TPSA) is 12.5 Å². The Kier molecular flexibility index (Phi) is 7.96.